The van der Waals surface area contributed by atoms with Crippen LogP contribution in [0.25, 0.3) is 0 Å². The monoisotopic (exact) mass is 366 g/mol. The third-order valence-corrected chi connectivity index (χ3v) is 6.15. The Balaban J connectivity index is 1.75. The molecule has 25 heavy (non-hydrogen) atoms. The van der Waals surface area contributed by atoms with Crippen molar-refractivity contribution >= 4 is 16.1 Å². The number of allylic oxidation sites excluding steroid dienone is 1. The van der Waals surface area contributed by atoms with Crippen molar-refractivity contribution in [3.05, 3.63) is 47.4 Å². The Hall–Kier alpha value is -1.90. The summed E-state index contributed by atoms with van der Waals surface area (Å²) in [7, 11) is -3.56. The van der Waals surface area contributed by atoms with Crippen molar-refractivity contribution in [3.8, 4) is 0 Å². The Morgan fingerprint density at radius 3 is 2.68 bits per heavy atom. The second-order valence-electron chi connectivity index (χ2n) is 6.43. The van der Waals surface area contributed by atoms with E-state index in [4.69, 9.17) is 4.74 Å². The van der Waals surface area contributed by atoms with Gasteiger partial charge in [-0.05, 0) is 17.9 Å². The fourth-order valence-corrected chi connectivity index (χ4v) is 4.75. The average molecular weight is 366 g/mol. The van der Waals surface area contributed by atoms with Crippen LogP contribution in [0.15, 0.2) is 41.8 Å². The summed E-state index contributed by atoms with van der Waals surface area (Å²) in [6.07, 6.45) is 1.14. The zero-order valence-corrected chi connectivity index (χ0v) is 14.6. The van der Waals surface area contributed by atoms with Gasteiger partial charge in [0.05, 0.1) is 19.3 Å². The lowest BCUT2D eigenvalue weighted by Gasteiger charge is -2.29. The zero-order valence-electron chi connectivity index (χ0n) is 13.8. The Labute approximate surface area is 147 Å². The maximum absolute atomic E-state index is 12.5. The normalized spacial score (nSPS) is 28.2. The smallest absolute Gasteiger partial charge is 0.407 e. The first-order valence-corrected chi connectivity index (χ1v) is 9.74. The Bertz CT molecular complexity index is 735. The molecule has 1 amide bonds. The number of carboxylic acid groups (broad SMARTS) is 1. The van der Waals surface area contributed by atoms with Crippen molar-refractivity contribution in [2.24, 2.45) is 5.92 Å². The molecule has 3 unspecified atom stereocenters. The van der Waals surface area contributed by atoms with E-state index in [0.29, 0.717) is 26.1 Å². The number of nitrogens with zero attached hydrogens (tertiary/aromatic N) is 2. The van der Waals surface area contributed by atoms with Gasteiger partial charge in [-0.1, -0.05) is 36.4 Å². The predicted molar refractivity (Wildman–Crippen MR) is 92.4 cm³/mol. The van der Waals surface area contributed by atoms with Crippen molar-refractivity contribution in [2.75, 3.05) is 26.2 Å². The van der Waals surface area contributed by atoms with Crippen LogP contribution in [0.1, 0.15) is 12.0 Å². The molecule has 2 bridgehead atoms. The second-order valence-corrected chi connectivity index (χ2v) is 8.20. The topological polar surface area (TPSA) is 87.2 Å². The summed E-state index contributed by atoms with van der Waals surface area (Å²) in [6.45, 7) is 1.28. The molecule has 1 N–H and O–H groups in total. The van der Waals surface area contributed by atoms with E-state index in [-0.39, 0.29) is 19.1 Å². The van der Waals surface area contributed by atoms with E-state index in [2.05, 4.69) is 0 Å². The molecular weight excluding hydrogens is 344 g/mol. The van der Waals surface area contributed by atoms with Crippen molar-refractivity contribution in [2.45, 2.75) is 19.1 Å². The first-order chi connectivity index (χ1) is 12.0. The highest BCUT2D eigenvalue weighted by Crippen LogP contribution is 2.25. The van der Waals surface area contributed by atoms with Gasteiger partial charge in [0.2, 0.25) is 10.0 Å². The Kier molecular flexibility index (Phi) is 5.41. The quantitative estimate of drug-likeness (QED) is 0.877. The number of amides is 1. The van der Waals surface area contributed by atoms with Crippen molar-refractivity contribution < 1.29 is 23.1 Å². The highest BCUT2D eigenvalue weighted by atomic mass is 32.2. The molecule has 2 aliphatic rings. The van der Waals surface area contributed by atoms with Gasteiger partial charge in [-0.15, -0.1) is 0 Å². The minimum Gasteiger partial charge on any atom is -0.465 e. The standard InChI is InChI=1S/C17H22N2O5S/c20-17(21)18-9-15-7-4-8-25(22,23)19(10-15)16(11-18)13-24-12-14-5-2-1-3-6-14/h1-6,8,15-16H,7,9-13H2,(H,20,21). The van der Waals surface area contributed by atoms with Gasteiger partial charge in [-0.2, -0.15) is 4.31 Å². The molecule has 0 saturated carbocycles. The lowest BCUT2D eigenvalue weighted by molar-refractivity contribution is 0.0689. The fraction of sp³-hybridized carbons (Fsp3) is 0.471. The van der Waals surface area contributed by atoms with Crippen LogP contribution in [0, 0.1) is 5.92 Å². The molecule has 1 aromatic rings. The summed E-state index contributed by atoms with van der Waals surface area (Å²) in [5, 5.41) is 10.6. The van der Waals surface area contributed by atoms with Crippen LogP contribution in [0.3, 0.4) is 0 Å². The lowest BCUT2D eigenvalue weighted by Crippen LogP contribution is -2.47. The lowest BCUT2D eigenvalue weighted by atomic mass is 10.1. The molecule has 1 fully saturated rings. The highest BCUT2D eigenvalue weighted by Gasteiger charge is 2.38. The Morgan fingerprint density at radius 2 is 1.96 bits per heavy atom. The summed E-state index contributed by atoms with van der Waals surface area (Å²) in [5.41, 5.74) is 0.989. The molecule has 0 aromatic heterocycles. The highest BCUT2D eigenvalue weighted by molar-refractivity contribution is 7.92. The van der Waals surface area contributed by atoms with Crippen LogP contribution in [0.4, 0.5) is 4.79 Å². The van der Waals surface area contributed by atoms with Crippen LogP contribution in [-0.4, -0.2) is 61.1 Å². The SMILES string of the molecule is O=C(O)N1CC2CC=CS(=O)(=O)N(C2)C(COCc2ccccc2)C1. The van der Waals surface area contributed by atoms with Crippen LogP contribution in [-0.2, 0) is 21.4 Å². The molecule has 1 saturated heterocycles. The number of sulfonamides is 1. The third-order valence-electron chi connectivity index (χ3n) is 4.51. The molecule has 0 radical (unpaired) electrons. The molecule has 3 atom stereocenters. The molecule has 7 nitrogen and oxygen atoms in total. The number of hydrogen-bond acceptors (Lipinski definition) is 4. The van der Waals surface area contributed by atoms with E-state index in [1.54, 1.807) is 6.08 Å². The first-order valence-electron chi connectivity index (χ1n) is 8.23. The van der Waals surface area contributed by atoms with Gasteiger partial charge >= 0.3 is 6.09 Å². The summed E-state index contributed by atoms with van der Waals surface area (Å²) < 4.78 is 32.1. The van der Waals surface area contributed by atoms with Gasteiger partial charge in [0, 0.05) is 25.0 Å². The van der Waals surface area contributed by atoms with E-state index < -0.39 is 22.2 Å². The molecule has 2 heterocycles. The minimum absolute atomic E-state index is 0.0382. The van der Waals surface area contributed by atoms with Crippen molar-refractivity contribution in [1.82, 2.24) is 9.21 Å². The molecular formula is C17H22N2O5S. The molecule has 2 aliphatic heterocycles. The van der Waals surface area contributed by atoms with Gasteiger partial charge in [-0.25, -0.2) is 13.2 Å². The number of carbonyl (C=O) groups is 1. The molecule has 3 rings (SSSR count). The Morgan fingerprint density at radius 1 is 1.20 bits per heavy atom. The maximum Gasteiger partial charge on any atom is 0.407 e. The second kappa shape index (κ2) is 7.55. The molecule has 136 valence electrons. The zero-order chi connectivity index (χ0) is 17.9. The van der Waals surface area contributed by atoms with Crippen LogP contribution in [0.5, 0.6) is 0 Å². The fourth-order valence-electron chi connectivity index (χ4n) is 3.28. The third kappa shape index (κ3) is 4.39. The number of rotatable bonds is 4. The average Bonchev–Trinajstić information content (AvgIpc) is 2.85. The molecule has 0 spiro atoms. The molecule has 0 aliphatic carbocycles. The van der Waals surface area contributed by atoms with Gasteiger partial charge in [0.15, 0.2) is 0 Å². The maximum atomic E-state index is 12.5. The van der Waals surface area contributed by atoms with Crippen LogP contribution >= 0.6 is 0 Å². The number of benzene rings is 1. The van der Waals surface area contributed by atoms with Gasteiger partial charge < -0.3 is 14.7 Å². The van der Waals surface area contributed by atoms with E-state index in [9.17, 15) is 18.3 Å². The van der Waals surface area contributed by atoms with Gasteiger partial charge in [0.25, 0.3) is 0 Å². The molecule has 1 aromatic carbocycles. The van der Waals surface area contributed by atoms with E-state index in [0.717, 1.165) is 5.56 Å². The molecule has 8 heteroatoms. The van der Waals surface area contributed by atoms with Crippen molar-refractivity contribution in [3.63, 3.8) is 0 Å². The summed E-state index contributed by atoms with van der Waals surface area (Å²) in [5.74, 6) is -0.0382. The van der Waals surface area contributed by atoms with Crippen LogP contribution < -0.4 is 0 Å². The predicted octanol–water partition coefficient (Wildman–Crippen LogP) is 1.73. The minimum atomic E-state index is -3.56. The van der Waals surface area contributed by atoms with Gasteiger partial charge in [-0.3, -0.25) is 0 Å². The van der Waals surface area contributed by atoms with Crippen molar-refractivity contribution in [1.29, 1.82) is 0 Å². The number of fused-ring (bicyclic) bond motifs is 2. The first kappa shape index (κ1) is 17.9. The van der Waals surface area contributed by atoms with E-state index >= 15 is 0 Å². The number of ether oxygens (including phenoxy) is 1. The summed E-state index contributed by atoms with van der Waals surface area (Å²) >= 11 is 0. The summed E-state index contributed by atoms with van der Waals surface area (Å²) in [6, 6.07) is 9.06. The summed E-state index contributed by atoms with van der Waals surface area (Å²) in [4.78, 5) is 12.8. The number of hydrogen-bond donors (Lipinski definition) is 1. The van der Waals surface area contributed by atoms with E-state index in [1.807, 2.05) is 30.3 Å². The van der Waals surface area contributed by atoms with Gasteiger partial charge in [0.1, 0.15) is 0 Å². The van der Waals surface area contributed by atoms with Crippen LogP contribution in [0.2, 0.25) is 0 Å². The largest absolute Gasteiger partial charge is 0.465 e. The van der Waals surface area contributed by atoms with E-state index in [1.165, 1.54) is 14.6 Å².